The minimum absolute atomic E-state index is 0.0548. The summed E-state index contributed by atoms with van der Waals surface area (Å²) in [5, 5.41) is 12.7. The van der Waals surface area contributed by atoms with Crippen molar-refractivity contribution in [2.24, 2.45) is 17.8 Å². The molecule has 0 spiro atoms. The maximum atomic E-state index is 13.1. The van der Waals surface area contributed by atoms with Crippen molar-refractivity contribution in [3.8, 4) is 0 Å². The highest BCUT2D eigenvalue weighted by atomic mass is 32.2. The van der Waals surface area contributed by atoms with Crippen LogP contribution in [0.2, 0.25) is 0 Å². The number of sulfone groups is 1. The van der Waals surface area contributed by atoms with Crippen molar-refractivity contribution in [3.63, 3.8) is 0 Å². The lowest BCUT2D eigenvalue weighted by atomic mass is 9.81. The topological polar surface area (TPSA) is 99.6 Å². The highest BCUT2D eigenvalue weighted by Gasteiger charge is 2.42. The number of alkyl halides is 3. The van der Waals surface area contributed by atoms with Gasteiger partial charge >= 0.3 is 6.18 Å². The van der Waals surface area contributed by atoms with Crippen molar-refractivity contribution in [3.05, 3.63) is 58.9 Å². The summed E-state index contributed by atoms with van der Waals surface area (Å²) >= 11 is 0. The minimum atomic E-state index is -4.11. The molecule has 2 heterocycles. The quantitative estimate of drug-likeness (QED) is 0.421. The lowest BCUT2D eigenvalue weighted by Gasteiger charge is -2.35. The molecule has 2 aromatic rings. The lowest BCUT2D eigenvalue weighted by molar-refractivity contribution is -0.184. The number of pyridine rings is 1. The number of aromatic nitrogens is 1. The number of hydrogen-bond donors (Lipinski definition) is 2. The second-order valence-electron chi connectivity index (χ2n) is 11.3. The van der Waals surface area contributed by atoms with Gasteiger partial charge in [0.2, 0.25) is 0 Å². The SMILES string of the molecule is CCS(=O)(=O)c1ccc([C@H](CO)NC(=O)c2ccc3c(c2)CN(CC2CCC(C(F)(F)F)CC2)[C@H]3C(C)C)nc1. The molecule has 2 aliphatic rings. The van der Waals surface area contributed by atoms with Gasteiger partial charge < -0.3 is 10.4 Å². The first-order valence-electron chi connectivity index (χ1n) is 13.9. The number of amides is 1. The molecule has 1 fully saturated rings. The summed E-state index contributed by atoms with van der Waals surface area (Å²) in [6.45, 7) is 6.74. The van der Waals surface area contributed by atoms with Crippen molar-refractivity contribution in [1.82, 2.24) is 15.2 Å². The molecule has 7 nitrogen and oxygen atoms in total. The highest BCUT2D eigenvalue weighted by molar-refractivity contribution is 7.91. The first-order valence-corrected chi connectivity index (χ1v) is 15.5. The summed E-state index contributed by atoms with van der Waals surface area (Å²) in [6.07, 6.45) is -1.38. The second-order valence-corrected chi connectivity index (χ2v) is 13.6. The molecule has 1 aromatic carbocycles. The standard InChI is InChI=1S/C29H38F3N3O4S/c1-4-40(38,39)23-10-12-25(33-14-23)26(17-36)34-28(37)20-7-11-24-21(13-20)16-35(27(24)18(2)3)15-19-5-8-22(9-6-19)29(30,31)32/h7,10-14,18-19,22,26-27,36H,4-6,8-9,15-17H2,1-3H3,(H,34,37)/t19?,22?,26-,27-/m0/s1. The summed E-state index contributed by atoms with van der Waals surface area (Å²) in [5.41, 5.74) is 2.92. The molecule has 2 atom stereocenters. The number of halogens is 3. The number of carbonyl (C=O) groups is 1. The van der Waals surface area contributed by atoms with E-state index in [1.165, 1.54) is 18.3 Å². The van der Waals surface area contributed by atoms with Gasteiger partial charge in [-0.25, -0.2) is 8.42 Å². The molecule has 0 unspecified atom stereocenters. The Hall–Kier alpha value is -2.50. The van der Waals surface area contributed by atoms with Gasteiger partial charge in [-0.15, -0.1) is 0 Å². The fourth-order valence-electron chi connectivity index (χ4n) is 6.05. The van der Waals surface area contributed by atoms with Crippen LogP contribution in [0.5, 0.6) is 0 Å². The van der Waals surface area contributed by atoms with Gasteiger partial charge in [0.15, 0.2) is 9.84 Å². The van der Waals surface area contributed by atoms with Gasteiger partial charge in [0.25, 0.3) is 5.91 Å². The van der Waals surface area contributed by atoms with Crippen LogP contribution in [-0.4, -0.2) is 54.4 Å². The zero-order chi connectivity index (χ0) is 29.2. The van der Waals surface area contributed by atoms with E-state index in [4.69, 9.17) is 0 Å². The Morgan fingerprint density at radius 3 is 2.40 bits per heavy atom. The first-order chi connectivity index (χ1) is 18.8. The van der Waals surface area contributed by atoms with Gasteiger partial charge in [-0.3, -0.25) is 14.7 Å². The highest BCUT2D eigenvalue weighted by Crippen LogP contribution is 2.43. The van der Waals surface area contributed by atoms with Gasteiger partial charge in [0.1, 0.15) is 0 Å². The predicted molar refractivity (Wildman–Crippen MR) is 145 cm³/mol. The molecule has 1 aliphatic carbocycles. The molecular weight excluding hydrogens is 543 g/mol. The Balaban J connectivity index is 1.44. The molecule has 0 bridgehead atoms. The number of fused-ring (bicyclic) bond motifs is 1. The van der Waals surface area contributed by atoms with E-state index in [2.05, 4.69) is 29.0 Å². The third-order valence-corrected chi connectivity index (χ3v) is 9.99. The normalized spacial score (nSPS) is 22.8. The Morgan fingerprint density at radius 1 is 1.15 bits per heavy atom. The van der Waals surface area contributed by atoms with E-state index in [-0.39, 0.29) is 47.3 Å². The number of aliphatic hydroxyl groups is 1. The fraction of sp³-hybridized carbons (Fsp3) is 0.586. The van der Waals surface area contributed by atoms with Gasteiger partial charge in [-0.1, -0.05) is 26.8 Å². The maximum absolute atomic E-state index is 13.1. The van der Waals surface area contributed by atoms with E-state index in [0.717, 1.165) is 17.7 Å². The van der Waals surface area contributed by atoms with E-state index < -0.39 is 34.6 Å². The third kappa shape index (κ3) is 6.69. The molecule has 4 rings (SSSR count). The zero-order valence-electron chi connectivity index (χ0n) is 23.1. The van der Waals surface area contributed by atoms with Crippen LogP contribution in [0.15, 0.2) is 41.4 Å². The van der Waals surface area contributed by atoms with Crippen LogP contribution >= 0.6 is 0 Å². The van der Waals surface area contributed by atoms with Crippen molar-refractivity contribution in [2.75, 3.05) is 18.9 Å². The molecule has 40 heavy (non-hydrogen) atoms. The molecule has 11 heteroatoms. The summed E-state index contributed by atoms with van der Waals surface area (Å²) in [7, 11) is -3.41. The van der Waals surface area contributed by atoms with Crippen molar-refractivity contribution in [2.45, 2.75) is 76.2 Å². The Bertz CT molecular complexity index is 1290. The Morgan fingerprint density at radius 2 is 1.85 bits per heavy atom. The van der Waals surface area contributed by atoms with Crippen molar-refractivity contribution >= 4 is 15.7 Å². The molecule has 0 saturated heterocycles. The molecule has 1 aromatic heterocycles. The summed E-state index contributed by atoms with van der Waals surface area (Å²) in [4.78, 5) is 19.7. The number of rotatable bonds is 9. The smallest absolute Gasteiger partial charge is 0.391 e. The average molecular weight is 582 g/mol. The predicted octanol–water partition coefficient (Wildman–Crippen LogP) is 5.22. The summed E-state index contributed by atoms with van der Waals surface area (Å²) < 4.78 is 63.4. The lowest BCUT2D eigenvalue weighted by Crippen LogP contribution is -2.34. The Kier molecular flexibility index (Phi) is 9.26. The van der Waals surface area contributed by atoms with Gasteiger partial charge in [0, 0.05) is 30.9 Å². The van der Waals surface area contributed by atoms with Crippen LogP contribution in [-0.2, 0) is 16.4 Å². The number of nitrogens with zero attached hydrogens (tertiary/aromatic N) is 2. The van der Waals surface area contributed by atoms with Crippen LogP contribution in [0.3, 0.4) is 0 Å². The van der Waals surface area contributed by atoms with E-state index >= 15 is 0 Å². The van der Waals surface area contributed by atoms with Crippen LogP contribution < -0.4 is 5.32 Å². The maximum Gasteiger partial charge on any atom is 0.391 e. The largest absolute Gasteiger partial charge is 0.394 e. The average Bonchev–Trinajstić information content (AvgIpc) is 3.28. The van der Waals surface area contributed by atoms with Gasteiger partial charge in [-0.05, 0) is 72.9 Å². The van der Waals surface area contributed by atoms with Gasteiger partial charge in [0.05, 0.1) is 34.9 Å². The van der Waals surface area contributed by atoms with Crippen molar-refractivity contribution < 1.29 is 31.5 Å². The monoisotopic (exact) mass is 581 g/mol. The summed E-state index contributed by atoms with van der Waals surface area (Å²) in [6, 6.07) is 7.76. The van der Waals surface area contributed by atoms with Crippen LogP contribution in [0.1, 0.15) is 85.7 Å². The molecule has 220 valence electrons. The molecule has 2 N–H and O–H groups in total. The molecule has 1 aliphatic heterocycles. The van der Waals surface area contributed by atoms with Crippen LogP contribution in [0, 0.1) is 17.8 Å². The van der Waals surface area contributed by atoms with E-state index in [9.17, 15) is 31.5 Å². The minimum Gasteiger partial charge on any atom is -0.394 e. The molecule has 1 amide bonds. The van der Waals surface area contributed by atoms with E-state index in [1.54, 1.807) is 13.0 Å². The van der Waals surface area contributed by atoms with E-state index in [1.807, 2.05) is 12.1 Å². The number of aliphatic hydroxyl groups excluding tert-OH is 1. The number of benzene rings is 1. The van der Waals surface area contributed by atoms with Gasteiger partial charge in [-0.2, -0.15) is 13.2 Å². The molecular formula is C29H38F3N3O4S. The van der Waals surface area contributed by atoms with Crippen LogP contribution in [0.4, 0.5) is 13.2 Å². The Labute approximate surface area is 234 Å². The first kappa shape index (κ1) is 30.5. The number of carbonyl (C=O) groups excluding carboxylic acids is 1. The van der Waals surface area contributed by atoms with Crippen LogP contribution in [0.25, 0.3) is 0 Å². The number of hydrogen-bond acceptors (Lipinski definition) is 6. The van der Waals surface area contributed by atoms with Crippen molar-refractivity contribution in [1.29, 1.82) is 0 Å². The zero-order valence-corrected chi connectivity index (χ0v) is 23.9. The summed E-state index contributed by atoms with van der Waals surface area (Å²) in [5.74, 6) is -1.13. The molecule has 1 saturated carbocycles. The second kappa shape index (κ2) is 12.2. The number of nitrogens with one attached hydrogen (secondary N) is 1. The fourth-order valence-corrected chi connectivity index (χ4v) is 6.87. The van der Waals surface area contributed by atoms with E-state index in [0.29, 0.717) is 30.6 Å². The third-order valence-electron chi connectivity index (χ3n) is 8.27. The molecule has 0 radical (unpaired) electrons.